The molecule has 1 saturated carbocycles. The van der Waals surface area contributed by atoms with Gasteiger partial charge in [-0.3, -0.25) is 10.1 Å². The first kappa shape index (κ1) is 18.1. The van der Waals surface area contributed by atoms with Crippen LogP contribution in [0.3, 0.4) is 0 Å². The van der Waals surface area contributed by atoms with Gasteiger partial charge in [0.05, 0.1) is 18.1 Å². The summed E-state index contributed by atoms with van der Waals surface area (Å²) in [6.45, 7) is 1.74. The molecule has 138 valence electrons. The van der Waals surface area contributed by atoms with Gasteiger partial charge in [-0.1, -0.05) is 0 Å². The summed E-state index contributed by atoms with van der Waals surface area (Å²) in [6.07, 6.45) is 3.99. The van der Waals surface area contributed by atoms with Crippen LogP contribution in [0.25, 0.3) is 0 Å². The standard InChI is InChI=1S/C16H23N3O5S/c1-24-14-4-5-16(15(10-14)19(20)21)25(22,23)18-8-6-13(7-9-18)17-11-12-2-3-12/h4-5,10,12-13,17H,2-3,6-9,11H2,1H3. The van der Waals surface area contributed by atoms with E-state index in [0.717, 1.165) is 31.4 Å². The van der Waals surface area contributed by atoms with Crippen LogP contribution >= 0.6 is 0 Å². The fourth-order valence-corrected chi connectivity index (χ4v) is 4.69. The Hall–Kier alpha value is -1.71. The van der Waals surface area contributed by atoms with Gasteiger partial charge >= 0.3 is 0 Å². The monoisotopic (exact) mass is 369 g/mol. The molecule has 8 nitrogen and oxygen atoms in total. The van der Waals surface area contributed by atoms with Gasteiger partial charge in [0.25, 0.3) is 5.69 Å². The SMILES string of the molecule is COc1ccc(S(=O)(=O)N2CCC(NCC3CC3)CC2)c([N+](=O)[O-])c1. The van der Waals surface area contributed by atoms with E-state index >= 15 is 0 Å². The van der Waals surface area contributed by atoms with E-state index in [4.69, 9.17) is 4.74 Å². The van der Waals surface area contributed by atoms with Crippen LogP contribution in [0.4, 0.5) is 5.69 Å². The zero-order valence-corrected chi connectivity index (χ0v) is 15.0. The molecule has 25 heavy (non-hydrogen) atoms. The number of benzene rings is 1. The molecule has 2 aliphatic rings. The molecule has 0 unspecified atom stereocenters. The smallest absolute Gasteiger partial charge is 0.293 e. The van der Waals surface area contributed by atoms with Gasteiger partial charge in [-0.15, -0.1) is 0 Å². The summed E-state index contributed by atoms with van der Waals surface area (Å²) in [4.78, 5) is 10.3. The molecule has 1 aromatic carbocycles. The highest BCUT2D eigenvalue weighted by Gasteiger charge is 2.34. The average Bonchev–Trinajstić information content (AvgIpc) is 3.44. The van der Waals surface area contributed by atoms with Crippen LogP contribution < -0.4 is 10.1 Å². The lowest BCUT2D eigenvalue weighted by Crippen LogP contribution is -2.45. The van der Waals surface area contributed by atoms with E-state index in [1.54, 1.807) is 0 Å². The number of nitrogens with one attached hydrogen (secondary N) is 1. The lowest BCUT2D eigenvalue weighted by molar-refractivity contribution is -0.387. The van der Waals surface area contributed by atoms with E-state index in [1.165, 1.54) is 36.4 Å². The predicted molar refractivity (Wildman–Crippen MR) is 92.2 cm³/mol. The van der Waals surface area contributed by atoms with Crippen molar-refractivity contribution in [1.29, 1.82) is 0 Å². The number of hydrogen-bond acceptors (Lipinski definition) is 6. The predicted octanol–water partition coefficient (Wildman–Crippen LogP) is 1.76. The van der Waals surface area contributed by atoms with Crippen molar-refractivity contribution < 1.29 is 18.1 Å². The number of nitro groups is 1. The Kier molecular flexibility index (Phi) is 5.26. The molecule has 0 atom stereocenters. The maximum absolute atomic E-state index is 12.9. The Balaban J connectivity index is 1.72. The summed E-state index contributed by atoms with van der Waals surface area (Å²) < 4.78 is 32.0. The Labute approximate surface area is 147 Å². The molecule has 1 N–H and O–H groups in total. The number of hydrogen-bond donors (Lipinski definition) is 1. The third-order valence-electron chi connectivity index (χ3n) is 4.83. The third kappa shape index (κ3) is 4.10. The van der Waals surface area contributed by atoms with Gasteiger partial charge in [-0.25, -0.2) is 8.42 Å². The first-order valence-corrected chi connectivity index (χ1v) is 9.92. The molecule has 0 aromatic heterocycles. The lowest BCUT2D eigenvalue weighted by Gasteiger charge is -2.31. The quantitative estimate of drug-likeness (QED) is 0.580. The number of sulfonamides is 1. The van der Waals surface area contributed by atoms with Gasteiger partial charge in [-0.05, 0) is 50.3 Å². The van der Waals surface area contributed by atoms with E-state index in [0.29, 0.717) is 19.1 Å². The molecule has 2 fully saturated rings. The maximum atomic E-state index is 12.9. The molecule has 1 aliphatic heterocycles. The van der Waals surface area contributed by atoms with Gasteiger partial charge in [-0.2, -0.15) is 4.31 Å². The van der Waals surface area contributed by atoms with Gasteiger partial charge in [0.15, 0.2) is 4.90 Å². The molecule has 0 spiro atoms. The summed E-state index contributed by atoms with van der Waals surface area (Å²) in [5, 5.41) is 14.8. The molecule has 1 aromatic rings. The number of rotatable bonds is 7. The normalized spacial score (nSPS) is 19.7. The van der Waals surface area contributed by atoms with Crippen molar-refractivity contribution in [2.24, 2.45) is 5.92 Å². The van der Waals surface area contributed by atoms with Gasteiger partial charge < -0.3 is 10.1 Å². The number of methoxy groups -OCH3 is 1. The van der Waals surface area contributed by atoms with Crippen LogP contribution in [0.15, 0.2) is 23.1 Å². The Morgan fingerprint density at radius 1 is 1.28 bits per heavy atom. The highest BCUT2D eigenvalue weighted by atomic mass is 32.2. The fourth-order valence-electron chi connectivity index (χ4n) is 3.08. The van der Waals surface area contributed by atoms with Gasteiger partial charge in [0.1, 0.15) is 5.75 Å². The molecule has 1 aliphatic carbocycles. The minimum absolute atomic E-state index is 0.258. The van der Waals surface area contributed by atoms with Crippen molar-refractivity contribution in [3.63, 3.8) is 0 Å². The van der Waals surface area contributed by atoms with Crippen molar-refractivity contribution in [3.8, 4) is 5.75 Å². The minimum atomic E-state index is -3.90. The number of nitro benzene ring substituents is 1. The van der Waals surface area contributed by atoms with Crippen LogP contribution in [0.5, 0.6) is 5.75 Å². The van der Waals surface area contributed by atoms with Gasteiger partial charge in [0.2, 0.25) is 10.0 Å². The van der Waals surface area contributed by atoms with E-state index in [9.17, 15) is 18.5 Å². The third-order valence-corrected chi connectivity index (χ3v) is 6.77. The number of nitrogens with zero attached hydrogens (tertiary/aromatic N) is 2. The fraction of sp³-hybridized carbons (Fsp3) is 0.625. The highest BCUT2D eigenvalue weighted by molar-refractivity contribution is 7.89. The molecular weight excluding hydrogens is 346 g/mol. The van der Waals surface area contributed by atoms with Crippen LogP contribution in [0.1, 0.15) is 25.7 Å². The van der Waals surface area contributed by atoms with Crippen molar-refractivity contribution in [3.05, 3.63) is 28.3 Å². The van der Waals surface area contributed by atoms with Crippen molar-refractivity contribution in [2.45, 2.75) is 36.6 Å². The van der Waals surface area contributed by atoms with Gasteiger partial charge in [0, 0.05) is 19.1 Å². The molecule has 0 amide bonds. The Morgan fingerprint density at radius 2 is 1.96 bits per heavy atom. The summed E-state index contributed by atoms with van der Waals surface area (Å²) in [6, 6.07) is 4.16. The number of piperidine rings is 1. The van der Waals surface area contributed by atoms with Crippen molar-refractivity contribution in [2.75, 3.05) is 26.7 Å². The summed E-state index contributed by atoms with van der Waals surface area (Å²) in [5.74, 6) is 1.04. The second kappa shape index (κ2) is 7.27. The second-order valence-electron chi connectivity index (χ2n) is 6.62. The minimum Gasteiger partial charge on any atom is -0.497 e. The first-order chi connectivity index (χ1) is 11.9. The van der Waals surface area contributed by atoms with Crippen molar-refractivity contribution in [1.82, 2.24) is 9.62 Å². The Bertz CT molecular complexity index is 740. The summed E-state index contributed by atoms with van der Waals surface area (Å²) >= 11 is 0. The van der Waals surface area contributed by atoms with E-state index in [-0.39, 0.29) is 10.6 Å². The largest absolute Gasteiger partial charge is 0.497 e. The van der Waals surface area contributed by atoms with Crippen LogP contribution in [0, 0.1) is 16.0 Å². The van der Waals surface area contributed by atoms with Crippen molar-refractivity contribution >= 4 is 15.7 Å². The zero-order valence-electron chi connectivity index (χ0n) is 14.2. The summed E-state index contributed by atoms with van der Waals surface area (Å²) in [5.41, 5.74) is -0.451. The van der Waals surface area contributed by atoms with E-state index < -0.39 is 20.6 Å². The van der Waals surface area contributed by atoms with Crippen LogP contribution in [-0.4, -0.2) is 50.4 Å². The van der Waals surface area contributed by atoms with Crippen LogP contribution in [0.2, 0.25) is 0 Å². The topological polar surface area (TPSA) is 102 Å². The van der Waals surface area contributed by atoms with Crippen LogP contribution in [-0.2, 0) is 10.0 Å². The Morgan fingerprint density at radius 3 is 2.52 bits per heavy atom. The maximum Gasteiger partial charge on any atom is 0.293 e. The molecule has 9 heteroatoms. The molecule has 0 radical (unpaired) electrons. The van der Waals surface area contributed by atoms with E-state index in [1.807, 2.05) is 0 Å². The van der Waals surface area contributed by atoms with E-state index in [2.05, 4.69) is 5.32 Å². The number of ether oxygens (including phenoxy) is 1. The first-order valence-electron chi connectivity index (χ1n) is 8.48. The highest BCUT2D eigenvalue weighted by Crippen LogP contribution is 2.32. The molecule has 3 rings (SSSR count). The molecule has 1 heterocycles. The lowest BCUT2D eigenvalue weighted by atomic mass is 10.1. The molecular formula is C16H23N3O5S. The molecule has 1 saturated heterocycles. The second-order valence-corrected chi connectivity index (χ2v) is 8.53. The average molecular weight is 369 g/mol. The molecule has 0 bridgehead atoms. The summed E-state index contributed by atoms with van der Waals surface area (Å²) in [7, 11) is -2.52. The zero-order chi connectivity index (χ0) is 18.0.